The average Bonchev–Trinajstić information content (AvgIpc) is 2.41. The number of hydrogen-bond acceptors (Lipinski definition) is 3. The fourth-order valence-corrected chi connectivity index (χ4v) is 2.64. The van der Waals surface area contributed by atoms with Gasteiger partial charge in [-0.1, -0.05) is 17.3 Å². The van der Waals surface area contributed by atoms with Crippen molar-refractivity contribution in [3.63, 3.8) is 0 Å². The number of halogens is 1. The Morgan fingerprint density at radius 1 is 1.39 bits per heavy atom. The van der Waals surface area contributed by atoms with Crippen molar-refractivity contribution in [2.24, 2.45) is 5.16 Å². The van der Waals surface area contributed by atoms with Gasteiger partial charge >= 0.3 is 0 Å². The van der Waals surface area contributed by atoms with E-state index < -0.39 is 0 Å². The molecule has 0 atom stereocenters. The summed E-state index contributed by atoms with van der Waals surface area (Å²) in [6.45, 7) is 3.26. The van der Waals surface area contributed by atoms with Crippen LogP contribution < -0.4 is 0 Å². The van der Waals surface area contributed by atoms with Crippen LogP contribution in [0.4, 0.5) is 0 Å². The lowest BCUT2D eigenvalue weighted by molar-refractivity contribution is 0.0752. The van der Waals surface area contributed by atoms with Crippen LogP contribution in [-0.4, -0.2) is 34.8 Å². The summed E-state index contributed by atoms with van der Waals surface area (Å²) in [5, 5.41) is 11.9. The van der Waals surface area contributed by atoms with Crippen molar-refractivity contribution >= 4 is 34.2 Å². The first kappa shape index (κ1) is 13.3. The van der Waals surface area contributed by atoms with Crippen molar-refractivity contribution in [2.45, 2.75) is 19.8 Å². The predicted molar refractivity (Wildman–Crippen MR) is 78.3 cm³/mol. The Kier molecular flexibility index (Phi) is 4.21. The summed E-state index contributed by atoms with van der Waals surface area (Å²) in [5.74, 6) is 0.0695. The minimum Gasteiger partial charge on any atom is -0.411 e. The second-order valence-electron chi connectivity index (χ2n) is 4.39. The number of aryl methyl sites for hydroxylation is 1. The monoisotopic (exact) mass is 358 g/mol. The van der Waals surface area contributed by atoms with E-state index in [-0.39, 0.29) is 5.91 Å². The van der Waals surface area contributed by atoms with E-state index in [4.69, 9.17) is 5.21 Å². The molecule has 18 heavy (non-hydrogen) atoms. The molecule has 0 bridgehead atoms. The lowest BCUT2D eigenvalue weighted by atomic mass is 10.1. The number of carbonyl (C=O) groups excluding carboxylic acids is 1. The second kappa shape index (κ2) is 5.69. The van der Waals surface area contributed by atoms with Gasteiger partial charge in [0.1, 0.15) is 0 Å². The van der Waals surface area contributed by atoms with E-state index in [0.717, 1.165) is 20.4 Å². The number of carbonyl (C=O) groups is 1. The van der Waals surface area contributed by atoms with Gasteiger partial charge in [0.05, 0.1) is 11.3 Å². The summed E-state index contributed by atoms with van der Waals surface area (Å²) >= 11 is 2.22. The zero-order valence-electron chi connectivity index (χ0n) is 10.2. The molecule has 1 fully saturated rings. The van der Waals surface area contributed by atoms with Crippen LogP contribution in [0.25, 0.3) is 0 Å². The molecule has 0 aliphatic carbocycles. The van der Waals surface area contributed by atoms with Gasteiger partial charge in [0, 0.05) is 29.5 Å². The minimum absolute atomic E-state index is 0.0695. The molecule has 0 aromatic heterocycles. The first-order valence-electron chi connectivity index (χ1n) is 5.87. The van der Waals surface area contributed by atoms with Crippen LogP contribution in [0, 0.1) is 10.5 Å². The van der Waals surface area contributed by atoms with Gasteiger partial charge in [0.2, 0.25) is 0 Å². The van der Waals surface area contributed by atoms with Crippen LogP contribution in [-0.2, 0) is 0 Å². The Hall–Kier alpha value is -1.11. The smallest absolute Gasteiger partial charge is 0.254 e. The molecule has 0 unspecified atom stereocenters. The zero-order chi connectivity index (χ0) is 13.1. The summed E-state index contributed by atoms with van der Waals surface area (Å²) in [5.41, 5.74) is 2.66. The summed E-state index contributed by atoms with van der Waals surface area (Å²) in [6, 6.07) is 5.79. The van der Waals surface area contributed by atoms with Crippen molar-refractivity contribution in [3.8, 4) is 0 Å². The van der Waals surface area contributed by atoms with Crippen LogP contribution >= 0.6 is 22.6 Å². The van der Waals surface area contributed by atoms with Crippen LogP contribution in [0.5, 0.6) is 0 Å². The summed E-state index contributed by atoms with van der Waals surface area (Å²) < 4.78 is 1.02. The highest BCUT2D eigenvalue weighted by Gasteiger charge is 2.22. The molecule has 0 spiro atoms. The maximum absolute atomic E-state index is 12.4. The number of benzene rings is 1. The molecule has 1 heterocycles. The van der Waals surface area contributed by atoms with E-state index in [9.17, 15) is 4.79 Å². The van der Waals surface area contributed by atoms with E-state index in [1.807, 2.05) is 30.0 Å². The first-order chi connectivity index (χ1) is 8.63. The van der Waals surface area contributed by atoms with Gasteiger partial charge in [-0.15, -0.1) is 0 Å². The van der Waals surface area contributed by atoms with E-state index in [1.54, 1.807) is 0 Å². The molecule has 1 amide bonds. The van der Waals surface area contributed by atoms with Crippen molar-refractivity contribution in [1.82, 2.24) is 4.90 Å². The summed E-state index contributed by atoms with van der Waals surface area (Å²) in [7, 11) is 0. The molecule has 0 saturated carbocycles. The normalized spacial score (nSPS) is 15.7. The lowest BCUT2D eigenvalue weighted by Gasteiger charge is -2.27. The third-order valence-electron chi connectivity index (χ3n) is 3.19. The zero-order valence-corrected chi connectivity index (χ0v) is 12.3. The summed E-state index contributed by atoms with van der Waals surface area (Å²) in [4.78, 5) is 14.2. The van der Waals surface area contributed by atoms with Gasteiger partial charge in [0.25, 0.3) is 5.91 Å². The first-order valence-corrected chi connectivity index (χ1v) is 6.95. The molecule has 1 N–H and O–H groups in total. The molecule has 1 aromatic rings. The van der Waals surface area contributed by atoms with Crippen LogP contribution in [0.3, 0.4) is 0 Å². The average molecular weight is 358 g/mol. The van der Waals surface area contributed by atoms with Crippen LogP contribution in [0.1, 0.15) is 28.8 Å². The SMILES string of the molecule is Cc1cccc(C(=O)N2CCC(=NO)CC2)c1I. The standard InChI is InChI=1S/C13H15IN2O2/c1-9-3-2-4-11(12(9)14)13(17)16-7-5-10(15-18)6-8-16/h2-4,18H,5-8H2,1H3. The third-order valence-corrected chi connectivity index (χ3v) is 4.62. The Morgan fingerprint density at radius 2 is 2.06 bits per heavy atom. The molecule has 1 aliphatic heterocycles. The van der Waals surface area contributed by atoms with E-state index in [0.29, 0.717) is 25.9 Å². The highest BCUT2D eigenvalue weighted by Crippen LogP contribution is 2.20. The molecule has 1 aromatic carbocycles. The number of oxime groups is 1. The molecule has 1 aliphatic rings. The Labute approximate surface area is 120 Å². The lowest BCUT2D eigenvalue weighted by Crippen LogP contribution is -2.39. The predicted octanol–water partition coefficient (Wildman–Crippen LogP) is 2.67. The number of amides is 1. The Balaban J connectivity index is 2.15. The van der Waals surface area contributed by atoms with Crippen LogP contribution in [0.15, 0.2) is 23.4 Å². The van der Waals surface area contributed by atoms with Gasteiger partial charge < -0.3 is 10.1 Å². The minimum atomic E-state index is 0.0695. The maximum Gasteiger partial charge on any atom is 0.254 e. The van der Waals surface area contributed by atoms with E-state index in [1.165, 1.54) is 0 Å². The van der Waals surface area contributed by atoms with E-state index in [2.05, 4.69) is 27.7 Å². The second-order valence-corrected chi connectivity index (χ2v) is 5.47. The fourth-order valence-electron chi connectivity index (χ4n) is 2.05. The van der Waals surface area contributed by atoms with E-state index >= 15 is 0 Å². The number of nitrogens with zero attached hydrogens (tertiary/aromatic N) is 2. The summed E-state index contributed by atoms with van der Waals surface area (Å²) in [6.07, 6.45) is 1.31. The Bertz CT molecular complexity index is 490. The number of rotatable bonds is 1. The molecule has 2 rings (SSSR count). The molecular weight excluding hydrogens is 343 g/mol. The fraction of sp³-hybridized carbons (Fsp3) is 0.385. The van der Waals surface area contributed by atoms with Gasteiger partial charge in [0.15, 0.2) is 0 Å². The number of hydrogen-bond donors (Lipinski definition) is 1. The van der Waals surface area contributed by atoms with Crippen molar-refractivity contribution < 1.29 is 10.0 Å². The highest BCUT2D eigenvalue weighted by atomic mass is 127. The molecular formula is C13H15IN2O2. The highest BCUT2D eigenvalue weighted by molar-refractivity contribution is 14.1. The molecule has 96 valence electrons. The van der Waals surface area contributed by atoms with Gasteiger partial charge in [-0.05, 0) is 41.1 Å². The van der Waals surface area contributed by atoms with Crippen molar-refractivity contribution in [2.75, 3.05) is 13.1 Å². The number of likely N-dealkylation sites (tertiary alicyclic amines) is 1. The molecule has 5 heteroatoms. The van der Waals surface area contributed by atoms with Crippen molar-refractivity contribution in [3.05, 3.63) is 32.9 Å². The van der Waals surface area contributed by atoms with Gasteiger partial charge in [-0.25, -0.2) is 0 Å². The van der Waals surface area contributed by atoms with Gasteiger partial charge in [-0.2, -0.15) is 0 Å². The topological polar surface area (TPSA) is 52.9 Å². The van der Waals surface area contributed by atoms with Crippen LogP contribution in [0.2, 0.25) is 0 Å². The van der Waals surface area contributed by atoms with Gasteiger partial charge in [-0.3, -0.25) is 4.79 Å². The molecule has 1 saturated heterocycles. The largest absolute Gasteiger partial charge is 0.411 e. The molecule has 4 nitrogen and oxygen atoms in total. The number of piperidine rings is 1. The maximum atomic E-state index is 12.4. The van der Waals surface area contributed by atoms with Crippen molar-refractivity contribution in [1.29, 1.82) is 0 Å². The third kappa shape index (κ3) is 2.66. The molecule has 0 radical (unpaired) electrons. The quantitative estimate of drug-likeness (QED) is 0.477. The Morgan fingerprint density at radius 3 is 2.67 bits per heavy atom.